The second kappa shape index (κ2) is 8.37. The zero-order valence-electron chi connectivity index (χ0n) is 17.2. The monoisotopic (exact) mass is 395 g/mol. The third kappa shape index (κ3) is 5.03. The first-order valence-electron chi connectivity index (χ1n) is 10.4. The Kier molecular flexibility index (Phi) is 5.67. The molecule has 1 aliphatic heterocycles. The average molecular weight is 396 g/mol. The number of rotatable bonds is 6. The minimum atomic E-state index is -0.144. The standard InChI is InChI=1S/C22H29N5O2/c1-15-13-20(27-11-9-26(2)10-12-27)25-19-6-5-17(14-18(15)19)24-22(29)8-7-21(28)23-16-3-4-16/h5-6,13-14,16H,3-4,7-12H2,1-2H3,(H,23,28)(H,24,29). The van der Waals surface area contributed by atoms with Gasteiger partial charge < -0.3 is 20.4 Å². The fourth-order valence-corrected chi connectivity index (χ4v) is 3.63. The Bertz CT molecular complexity index is 917. The minimum Gasteiger partial charge on any atom is -0.354 e. The molecule has 1 aliphatic carbocycles. The smallest absolute Gasteiger partial charge is 0.224 e. The predicted octanol–water partition coefficient (Wildman–Crippen LogP) is 2.29. The van der Waals surface area contributed by atoms with Crippen LogP contribution < -0.4 is 15.5 Å². The van der Waals surface area contributed by atoms with E-state index in [1.54, 1.807) is 0 Å². The number of benzene rings is 1. The first-order chi connectivity index (χ1) is 14.0. The normalized spacial score (nSPS) is 17.4. The van der Waals surface area contributed by atoms with Crippen LogP contribution in [0.25, 0.3) is 10.9 Å². The van der Waals surface area contributed by atoms with E-state index in [0.29, 0.717) is 6.04 Å². The molecule has 2 heterocycles. The molecule has 2 fully saturated rings. The van der Waals surface area contributed by atoms with E-state index in [1.165, 1.54) is 0 Å². The minimum absolute atomic E-state index is 0.0439. The van der Waals surface area contributed by atoms with Crippen molar-refractivity contribution < 1.29 is 9.59 Å². The summed E-state index contributed by atoms with van der Waals surface area (Å²) in [6.45, 7) is 6.13. The Hall–Kier alpha value is -2.67. The summed E-state index contributed by atoms with van der Waals surface area (Å²) in [5, 5.41) is 6.85. The Morgan fingerprint density at radius 2 is 1.79 bits per heavy atom. The number of likely N-dealkylation sites (N-methyl/N-ethyl adjacent to an activating group) is 1. The Morgan fingerprint density at radius 1 is 1.07 bits per heavy atom. The van der Waals surface area contributed by atoms with Crippen LogP contribution in [0.2, 0.25) is 0 Å². The summed E-state index contributed by atoms with van der Waals surface area (Å²) in [4.78, 5) is 33.4. The summed E-state index contributed by atoms with van der Waals surface area (Å²) >= 11 is 0. The molecule has 7 heteroatoms. The summed E-state index contributed by atoms with van der Waals surface area (Å²) in [6, 6.07) is 8.26. The highest BCUT2D eigenvalue weighted by molar-refractivity contribution is 5.96. The number of pyridine rings is 1. The van der Waals surface area contributed by atoms with Gasteiger partial charge in [0.2, 0.25) is 11.8 Å². The van der Waals surface area contributed by atoms with Crippen molar-refractivity contribution in [2.45, 2.75) is 38.6 Å². The van der Waals surface area contributed by atoms with Crippen molar-refractivity contribution >= 4 is 34.2 Å². The van der Waals surface area contributed by atoms with Gasteiger partial charge in [0.15, 0.2) is 0 Å². The largest absolute Gasteiger partial charge is 0.354 e. The molecule has 1 aromatic carbocycles. The molecule has 0 bridgehead atoms. The van der Waals surface area contributed by atoms with E-state index in [2.05, 4.69) is 40.5 Å². The molecule has 2 aromatic rings. The molecule has 0 radical (unpaired) electrons. The lowest BCUT2D eigenvalue weighted by Crippen LogP contribution is -2.44. The van der Waals surface area contributed by atoms with E-state index in [-0.39, 0.29) is 24.7 Å². The molecular weight excluding hydrogens is 366 g/mol. The van der Waals surface area contributed by atoms with Crippen molar-refractivity contribution in [3.05, 3.63) is 29.8 Å². The highest BCUT2D eigenvalue weighted by Gasteiger charge is 2.23. The fourth-order valence-electron chi connectivity index (χ4n) is 3.63. The molecule has 2 amide bonds. The number of amides is 2. The van der Waals surface area contributed by atoms with Crippen LogP contribution in [-0.4, -0.2) is 61.0 Å². The second-order valence-corrected chi connectivity index (χ2v) is 8.21. The summed E-state index contributed by atoms with van der Waals surface area (Å²) in [5.74, 6) is 0.828. The third-order valence-electron chi connectivity index (χ3n) is 5.63. The maximum atomic E-state index is 12.2. The molecular formula is C22H29N5O2. The number of carbonyl (C=O) groups is 2. The van der Waals surface area contributed by atoms with Crippen LogP contribution in [0.5, 0.6) is 0 Å². The van der Waals surface area contributed by atoms with Gasteiger partial charge in [0.05, 0.1) is 5.52 Å². The summed E-state index contributed by atoms with van der Waals surface area (Å²) in [5.41, 5.74) is 2.81. The zero-order chi connectivity index (χ0) is 20.4. The lowest BCUT2D eigenvalue weighted by molar-refractivity contribution is -0.124. The van der Waals surface area contributed by atoms with E-state index >= 15 is 0 Å². The van der Waals surface area contributed by atoms with Crippen LogP contribution in [0.3, 0.4) is 0 Å². The number of hydrogen-bond acceptors (Lipinski definition) is 5. The molecule has 0 unspecified atom stereocenters. The van der Waals surface area contributed by atoms with Gasteiger partial charge in [-0.25, -0.2) is 4.98 Å². The van der Waals surface area contributed by atoms with Crippen LogP contribution in [0.15, 0.2) is 24.3 Å². The molecule has 4 rings (SSSR count). The van der Waals surface area contributed by atoms with Crippen molar-refractivity contribution in [2.75, 3.05) is 43.4 Å². The molecule has 2 aliphatic rings. The van der Waals surface area contributed by atoms with Gasteiger partial charge in [-0.1, -0.05) is 0 Å². The van der Waals surface area contributed by atoms with Gasteiger partial charge in [-0.15, -0.1) is 0 Å². The van der Waals surface area contributed by atoms with Gasteiger partial charge in [-0.05, 0) is 56.6 Å². The number of carbonyl (C=O) groups excluding carboxylic acids is 2. The number of piperazine rings is 1. The Labute approximate surface area is 171 Å². The first kappa shape index (κ1) is 19.6. The van der Waals surface area contributed by atoms with E-state index < -0.39 is 0 Å². The highest BCUT2D eigenvalue weighted by Crippen LogP contribution is 2.26. The number of nitrogens with one attached hydrogen (secondary N) is 2. The highest BCUT2D eigenvalue weighted by atomic mass is 16.2. The quantitative estimate of drug-likeness (QED) is 0.785. The lowest BCUT2D eigenvalue weighted by atomic mass is 10.1. The van der Waals surface area contributed by atoms with Crippen molar-refractivity contribution in [1.29, 1.82) is 0 Å². The van der Waals surface area contributed by atoms with E-state index in [1.807, 2.05) is 18.2 Å². The maximum absolute atomic E-state index is 12.2. The van der Waals surface area contributed by atoms with Gasteiger partial charge >= 0.3 is 0 Å². The summed E-state index contributed by atoms with van der Waals surface area (Å²) in [7, 11) is 2.14. The molecule has 1 saturated carbocycles. The van der Waals surface area contributed by atoms with Crippen LogP contribution in [-0.2, 0) is 9.59 Å². The molecule has 2 N–H and O–H groups in total. The maximum Gasteiger partial charge on any atom is 0.224 e. The number of hydrogen-bond donors (Lipinski definition) is 2. The van der Waals surface area contributed by atoms with Crippen molar-refractivity contribution in [3.63, 3.8) is 0 Å². The molecule has 7 nitrogen and oxygen atoms in total. The molecule has 1 aromatic heterocycles. The number of aryl methyl sites for hydroxylation is 1. The number of aromatic nitrogens is 1. The van der Waals surface area contributed by atoms with E-state index in [0.717, 1.165) is 67.0 Å². The SMILES string of the molecule is Cc1cc(N2CCN(C)CC2)nc2ccc(NC(=O)CCC(=O)NC3CC3)cc12. The van der Waals surface area contributed by atoms with Crippen LogP contribution in [0.4, 0.5) is 11.5 Å². The predicted molar refractivity (Wildman–Crippen MR) is 115 cm³/mol. The molecule has 0 atom stereocenters. The zero-order valence-corrected chi connectivity index (χ0v) is 17.2. The van der Waals surface area contributed by atoms with Gasteiger partial charge in [0.1, 0.15) is 5.82 Å². The molecule has 1 saturated heterocycles. The van der Waals surface area contributed by atoms with Crippen molar-refractivity contribution in [3.8, 4) is 0 Å². The molecule has 29 heavy (non-hydrogen) atoms. The van der Waals surface area contributed by atoms with Crippen molar-refractivity contribution in [2.24, 2.45) is 0 Å². The summed E-state index contributed by atoms with van der Waals surface area (Å²) in [6.07, 6.45) is 2.53. The van der Waals surface area contributed by atoms with Crippen molar-refractivity contribution in [1.82, 2.24) is 15.2 Å². The number of nitrogens with zero attached hydrogens (tertiary/aromatic N) is 3. The topological polar surface area (TPSA) is 77.6 Å². The number of fused-ring (bicyclic) bond motifs is 1. The van der Waals surface area contributed by atoms with Crippen LogP contribution in [0.1, 0.15) is 31.2 Å². The lowest BCUT2D eigenvalue weighted by Gasteiger charge is -2.33. The fraction of sp³-hybridized carbons (Fsp3) is 0.500. The van der Waals surface area contributed by atoms with Gasteiger partial charge in [0.25, 0.3) is 0 Å². The second-order valence-electron chi connectivity index (χ2n) is 8.21. The third-order valence-corrected chi connectivity index (χ3v) is 5.63. The molecule has 0 spiro atoms. The Morgan fingerprint density at radius 3 is 2.52 bits per heavy atom. The van der Waals surface area contributed by atoms with Crippen LogP contribution in [0, 0.1) is 6.92 Å². The van der Waals surface area contributed by atoms with Gasteiger partial charge in [-0.2, -0.15) is 0 Å². The van der Waals surface area contributed by atoms with Gasteiger partial charge in [-0.3, -0.25) is 9.59 Å². The average Bonchev–Trinajstić information content (AvgIpc) is 3.51. The van der Waals surface area contributed by atoms with E-state index in [9.17, 15) is 9.59 Å². The number of anilines is 2. The molecule has 154 valence electrons. The van der Waals surface area contributed by atoms with Gasteiger partial charge in [0, 0.05) is 56.1 Å². The summed E-state index contributed by atoms with van der Waals surface area (Å²) < 4.78 is 0. The van der Waals surface area contributed by atoms with E-state index in [4.69, 9.17) is 4.98 Å². The Balaban J connectivity index is 1.40. The van der Waals surface area contributed by atoms with Crippen LogP contribution >= 0.6 is 0 Å². The first-order valence-corrected chi connectivity index (χ1v) is 10.4.